The fourth-order valence-corrected chi connectivity index (χ4v) is 3.39. The van der Waals surface area contributed by atoms with Gasteiger partial charge in [-0.25, -0.2) is 9.97 Å². The molecular formula is C25H18ClN5. The lowest BCUT2D eigenvalue weighted by Gasteiger charge is -1.86. The van der Waals surface area contributed by atoms with Gasteiger partial charge in [-0.15, -0.1) is 0 Å². The van der Waals surface area contributed by atoms with Crippen molar-refractivity contribution in [2.45, 2.75) is 0 Å². The molecule has 2 aliphatic heterocycles. The van der Waals surface area contributed by atoms with Crippen molar-refractivity contribution < 1.29 is 0 Å². The van der Waals surface area contributed by atoms with Gasteiger partial charge < -0.3 is 9.97 Å². The molecule has 0 saturated heterocycles. The number of hydrogen-bond acceptors (Lipinski definition) is 3. The molecule has 0 aromatic carbocycles. The summed E-state index contributed by atoms with van der Waals surface area (Å²) in [5.74, 6) is 0. The zero-order valence-corrected chi connectivity index (χ0v) is 17.2. The van der Waals surface area contributed by atoms with Crippen LogP contribution >= 0.6 is 11.6 Å². The maximum absolute atomic E-state index is 5.50. The molecule has 0 radical (unpaired) electrons. The Balaban J connectivity index is 0.000000250. The highest BCUT2D eigenvalue weighted by molar-refractivity contribution is 6.30. The van der Waals surface area contributed by atoms with Gasteiger partial charge in [-0.05, 0) is 85.0 Å². The molecule has 0 spiro atoms. The van der Waals surface area contributed by atoms with Crippen LogP contribution in [0, 0.1) is 0 Å². The fraction of sp³-hybridized carbons (Fsp3) is 0. The van der Waals surface area contributed by atoms with Gasteiger partial charge in [0.1, 0.15) is 0 Å². The maximum Gasteiger partial charge on any atom is 0.0659 e. The Morgan fingerprint density at radius 3 is 1.35 bits per heavy atom. The minimum atomic E-state index is 0.731. The Bertz CT molecular complexity index is 1360. The topological polar surface area (TPSA) is 70.2 Å². The van der Waals surface area contributed by atoms with Gasteiger partial charge in [-0.3, -0.25) is 4.98 Å². The first-order valence-corrected chi connectivity index (χ1v) is 10.2. The van der Waals surface area contributed by atoms with Crippen LogP contribution < -0.4 is 0 Å². The molecule has 6 rings (SSSR count). The SMILES string of the molecule is C1=Cc2cc3ccc(cc4ccc(cc5nc(cc1n2)C=C5)[nH]4)[nH]3.Clc1ccncc1. The molecule has 31 heavy (non-hydrogen) atoms. The Morgan fingerprint density at radius 2 is 0.935 bits per heavy atom. The second kappa shape index (κ2) is 8.42. The summed E-state index contributed by atoms with van der Waals surface area (Å²) < 4.78 is 0. The van der Waals surface area contributed by atoms with Crippen molar-refractivity contribution >= 4 is 58.0 Å². The molecule has 8 bridgehead atoms. The first kappa shape index (κ1) is 19.0. The molecule has 150 valence electrons. The number of aromatic nitrogens is 5. The van der Waals surface area contributed by atoms with E-state index in [-0.39, 0.29) is 0 Å². The summed E-state index contributed by atoms with van der Waals surface area (Å²) in [6, 6.07) is 19.9. The lowest BCUT2D eigenvalue weighted by molar-refractivity contribution is 1.28. The van der Waals surface area contributed by atoms with E-state index in [9.17, 15) is 0 Å². The Morgan fingerprint density at radius 1 is 0.516 bits per heavy atom. The summed E-state index contributed by atoms with van der Waals surface area (Å²) in [6.45, 7) is 0. The molecule has 4 aromatic rings. The number of hydrogen-bond donors (Lipinski definition) is 2. The minimum Gasteiger partial charge on any atom is -0.355 e. The number of H-pyrrole nitrogens is 2. The first-order chi connectivity index (χ1) is 15.2. The molecule has 5 nitrogen and oxygen atoms in total. The van der Waals surface area contributed by atoms with E-state index >= 15 is 0 Å². The molecule has 0 aliphatic carbocycles. The Hall–Kier alpha value is -3.96. The molecule has 4 aromatic heterocycles. The number of fused-ring (bicyclic) bond motifs is 8. The molecule has 0 amide bonds. The highest BCUT2D eigenvalue weighted by atomic mass is 35.5. The lowest BCUT2D eigenvalue weighted by Crippen LogP contribution is -1.77. The zero-order chi connectivity index (χ0) is 21.0. The predicted molar refractivity (Wildman–Crippen MR) is 128 cm³/mol. The van der Waals surface area contributed by atoms with Crippen LogP contribution in [0.25, 0.3) is 46.4 Å². The van der Waals surface area contributed by atoms with Crippen molar-refractivity contribution in [3.63, 3.8) is 0 Å². The molecule has 6 heteroatoms. The van der Waals surface area contributed by atoms with Crippen molar-refractivity contribution in [1.82, 2.24) is 24.9 Å². The van der Waals surface area contributed by atoms with Crippen molar-refractivity contribution in [2.75, 3.05) is 0 Å². The van der Waals surface area contributed by atoms with E-state index in [1.807, 2.05) is 42.5 Å². The molecule has 2 aliphatic rings. The van der Waals surface area contributed by atoms with E-state index in [0.717, 1.165) is 49.9 Å². The lowest BCUT2D eigenvalue weighted by atomic mass is 10.3. The van der Waals surface area contributed by atoms with E-state index in [2.05, 4.69) is 55.3 Å². The van der Waals surface area contributed by atoms with Gasteiger partial charge >= 0.3 is 0 Å². The van der Waals surface area contributed by atoms with Crippen molar-refractivity contribution in [2.24, 2.45) is 0 Å². The summed E-state index contributed by atoms with van der Waals surface area (Å²) in [4.78, 5) is 19.8. The third kappa shape index (κ3) is 4.79. The second-order valence-corrected chi connectivity index (χ2v) is 7.51. The molecule has 0 fully saturated rings. The normalized spacial score (nSPS) is 11.8. The summed E-state index contributed by atoms with van der Waals surface area (Å²) in [5, 5.41) is 0.731. The number of pyridine rings is 1. The van der Waals surface area contributed by atoms with E-state index in [0.29, 0.717) is 0 Å². The van der Waals surface area contributed by atoms with Gasteiger partial charge in [0.15, 0.2) is 0 Å². The van der Waals surface area contributed by atoms with E-state index < -0.39 is 0 Å². The molecule has 0 atom stereocenters. The van der Waals surface area contributed by atoms with Gasteiger partial charge in [0.25, 0.3) is 0 Å². The fourth-order valence-electron chi connectivity index (χ4n) is 3.28. The van der Waals surface area contributed by atoms with Crippen LogP contribution in [0.15, 0.2) is 73.1 Å². The van der Waals surface area contributed by atoms with Crippen LogP contribution in [-0.4, -0.2) is 24.9 Å². The van der Waals surface area contributed by atoms with Gasteiger partial charge in [0.05, 0.1) is 22.8 Å². The number of halogens is 1. The molecule has 2 N–H and O–H groups in total. The molecule has 0 saturated carbocycles. The van der Waals surface area contributed by atoms with Crippen LogP contribution in [0.3, 0.4) is 0 Å². The van der Waals surface area contributed by atoms with Crippen LogP contribution in [0.4, 0.5) is 0 Å². The zero-order valence-electron chi connectivity index (χ0n) is 16.5. The molecule has 6 heterocycles. The third-order valence-electron chi connectivity index (χ3n) is 4.68. The largest absolute Gasteiger partial charge is 0.355 e. The molecular weight excluding hydrogens is 406 g/mol. The summed E-state index contributed by atoms with van der Waals surface area (Å²) in [7, 11) is 0. The van der Waals surface area contributed by atoms with Crippen LogP contribution in [0.2, 0.25) is 5.02 Å². The third-order valence-corrected chi connectivity index (χ3v) is 4.93. The van der Waals surface area contributed by atoms with Crippen molar-refractivity contribution in [3.05, 3.63) is 101 Å². The first-order valence-electron chi connectivity index (χ1n) is 9.80. The average Bonchev–Trinajstić information content (AvgIpc) is 3.55. The summed E-state index contributed by atoms with van der Waals surface area (Å²) in [6.07, 6.45) is 11.4. The average molecular weight is 424 g/mol. The standard InChI is InChI=1S/C20H14N4.C5H4ClN/c1-2-14-10-16-5-6-18(23-16)12-20-8-7-19(24-20)11-17-4-3-15(22-17)9-13(1)21-14;6-5-1-3-7-4-2-5/h1-12,21-22H;1-4H. The van der Waals surface area contributed by atoms with Crippen molar-refractivity contribution in [3.8, 4) is 0 Å². The summed E-state index contributed by atoms with van der Waals surface area (Å²) >= 11 is 5.50. The molecule has 0 unspecified atom stereocenters. The van der Waals surface area contributed by atoms with Gasteiger partial charge in [-0.2, -0.15) is 0 Å². The van der Waals surface area contributed by atoms with Crippen LogP contribution in [-0.2, 0) is 0 Å². The van der Waals surface area contributed by atoms with E-state index in [1.54, 1.807) is 24.5 Å². The van der Waals surface area contributed by atoms with Crippen LogP contribution in [0.5, 0.6) is 0 Å². The highest BCUT2D eigenvalue weighted by Crippen LogP contribution is 2.17. The second-order valence-electron chi connectivity index (χ2n) is 7.07. The highest BCUT2D eigenvalue weighted by Gasteiger charge is 2.02. The smallest absolute Gasteiger partial charge is 0.0659 e. The van der Waals surface area contributed by atoms with Gasteiger partial charge in [0.2, 0.25) is 0 Å². The quantitative estimate of drug-likeness (QED) is 0.297. The van der Waals surface area contributed by atoms with Gasteiger partial charge in [-0.1, -0.05) is 11.6 Å². The van der Waals surface area contributed by atoms with E-state index in [1.165, 1.54) is 0 Å². The predicted octanol–water partition coefficient (Wildman–Crippen LogP) is 6.39. The number of nitrogens with zero attached hydrogens (tertiary/aromatic N) is 3. The Kier molecular flexibility index (Phi) is 5.17. The van der Waals surface area contributed by atoms with E-state index in [4.69, 9.17) is 11.6 Å². The monoisotopic (exact) mass is 423 g/mol. The van der Waals surface area contributed by atoms with Crippen LogP contribution in [0.1, 0.15) is 22.8 Å². The Labute approximate surface area is 183 Å². The number of aromatic amines is 2. The van der Waals surface area contributed by atoms with Gasteiger partial charge in [0, 0.05) is 39.5 Å². The minimum absolute atomic E-state index is 0.731. The summed E-state index contributed by atoms with van der Waals surface area (Å²) in [5.41, 5.74) is 7.86. The maximum atomic E-state index is 5.50. The number of rotatable bonds is 0. The number of nitrogens with one attached hydrogen (secondary N) is 2. The van der Waals surface area contributed by atoms with Crippen molar-refractivity contribution in [1.29, 1.82) is 0 Å².